The summed E-state index contributed by atoms with van der Waals surface area (Å²) in [6.07, 6.45) is 3.85. The lowest BCUT2D eigenvalue weighted by molar-refractivity contribution is 0.700. The molecule has 3 rings (SSSR count). The van der Waals surface area contributed by atoms with Gasteiger partial charge in [-0.05, 0) is 25.5 Å². The third kappa shape index (κ3) is 3.46. The van der Waals surface area contributed by atoms with Gasteiger partial charge in [-0.2, -0.15) is 10.1 Å². The predicted molar refractivity (Wildman–Crippen MR) is 108 cm³/mol. The van der Waals surface area contributed by atoms with Gasteiger partial charge in [0, 0.05) is 20.6 Å². The molecule has 0 radical (unpaired) electrons. The summed E-state index contributed by atoms with van der Waals surface area (Å²) in [6.45, 7) is 4.28. The summed E-state index contributed by atoms with van der Waals surface area (Å²) in [6, 6.07) is 9.91. The van der Waals surface area contributed by atoms with Gasteiger partial charge in [0.15, 0.2) is 11.2 Å². The number of hydrogen-bond acceptors (Lipinski definition) is 5. The number of aryl methyl sites for hydroxylation is 2. The van der Waals surface area contributed by atoms with Gasteiger partial charge in [-0.25, -0.2) is 10.2 Å². The quantitative estimate of drug-likeness (QED) is 0.552. The minimum absolute atomic E-state index is 0.333. The van der Waals surface area contributed by atoms with Gasteiger partial charge in [0.25, 0.3) is 5.56 Å². The third-order valence-corrected chi connectivity index (χ3v) is 4.31. The van der Waals surface area contributed by atoms with Crippen molar-refractivity contribution in [3.05, 3.63) is 62.8 Å². The van der Waals surface area contributed by atoms with E-state index in [0.29, 0.717) is 23.7 Å². The number of anilines is 1. The highest BCUT2D eigenvalue weighted by Gasteiger charge is 2.17. The summed E-state index contributed by atoms with van der Waals surface area (Å²) in [4.78, 5) is 29.0. The van der Waals surface area contributed by atoms with Gasteiger partial charge >= 0.3 is 5.69 Å². The second-order valence-electron chi connectivity index (χ2n) is 6.17. The number of imidazole rings is 1. The molecular formula is C19H22N6O2. The molecule has 27 heavy (non-hydrogen) atoms. The van der Waals surface area contributed by atoms with Crippen molar-refractivity contribution in [1.82, 2.24) is 18.7 Å². The Morgan fingerprint density at radius 2 is 1.89 bits per heavy atom. The standard InChI is InChI=1S/C19H22N6O2/c1-5-25-15-16(23(3)19(27)24(4)17(15)26)20-18(25)22-21-13(2)11-12-14-9-7-6-8-10-14/h6-12H,5H2,1-4H3,(H,20,22). The van der Waals surface area contributed by atoms with E-state index in [9.17, 15) is 9.59 Å². The largest absolute Gasteiger partial charge is 0.332 e. The maximum atomic E-state index is 12.5. The van der Waals surface area contributed by atoms with Gasteiger partial charge < -0.3 is 4.57 Å². The molecule has 0 saturated carbocycles. The van der Waals surface area contributed by atoms with Crippen LogP contribution < -0.4 is 16.7 Å². The summed E-state index contributed by atoms with van der Waals surface area (Å²) in [5, 5.41) is 4.32. The molecule has 1 N–H and O–H groups in total. The fourth-order valence-corrected chi connectivity index (χ4v) is 2.80. The molecule has 0 bridgehead atoms. The van der Waals surface area contributed by atoms with E-state index in [-0.39, 0.29) is 5.56 Å². The zero-order valence-electron chi connectivity index (χ0n) is 15.8. The second-order valence-corrected chi connectivity index (χ2v) is 6.17. The molecule has 0 saturated heterocycles. The molecular weight excluding hydrogens is 344 g/mol. The Morgan fingerprint density at radius 3 is 2.56 bits per heavy atom. The SMILES string of the molecule is CCn1c(NN=C(C)C=Cc2ccccc2)nc2c1c(=O)n(C)c(=O)n2C. The summed E-state index contributed by atoms with van der Waals surface area (Å²) >= 11 is 0. The van der Waals surface area contributed by atoms with E-state index in [1.165, 1.54) is 11.6 Å². The van der Waals surface area contributed by atoms with Crippen molar-refractivity contribution < 1.29 is 0 Å². The predicted octanol–water partition coefficient (Wildman–Crippen LogP) is 1.95. The number of hydrogen-bond donors (Lipinski definition) is 1. The van der Waals surface area contributed by atoms with Gasteiger partial charge in [-0.3, -0.25) is 13.9 Å². The zero-order chi connectivity index (χ0) is 19.6. The van der Waals surface area contributed by atoms with E-state index in [1.54, 1.807) is 11.6 Å². The van der Waals surface area contributed by atoms with Crippen molar-refractivity contribution in [1.29, 1.82) is 0 Å². The molecule has 0 aliphatic rings. The van der Waals surface area contributed by atoms with Crippen molar-refractivity contribution in [3.63, 3.8) is 0 Å². The second kappa shape index (κ2) is 7.45. The van der Waals surface area contributed by atoms with Crippen LogP contribution in [0, 0.1) is 0 Å². The normalized spacial score (nSPS) is 12.2. The molecule has 8 heteroatoms. The zero-order valence-corrected chi connectivity index (χ0v) is 15.8. The lowest BCUT2D eigenvalue weighted by atomic mass is 10.2. The molecule has 0 aliphatic carbocycles. The molecule has 0 atom stereocenters. The number of nitrogens with one attached hydrogen (secondary N) is 1. The first kappa shape index (κ1) is 18.4. The topological polar surface area (TPSA) is 86.2 Å². The first-order chi connectivity index (χ1) is 12.9. The molecule has 0 fully saturated rings. The number of allylic oxidation sites excluding steroid dienone is 1. The lowest BCUT2D eigenvalue weighted by Gasteiger charge is -2.06. The van der Waals surface area contributed by atoms with Gasteiger partial charge in [0.2, 0.25) is 5.95 Å². The molecule has 140 valence electrons. The summed E-state index contributed by atoms with van der Waals surface area (Å²) in [5.74, 6) is 0.415. The Balaban J connectivity index is 1.97. The van der Waals surface area contributed by atoms with Crippen LogP contribution in [-0.2, 0) is 20.6 Å². The number of nitrogens with zero attached hydrogens (tertiary/aromatic N) is 5. The van der Waals surface area contributed by atoms with Gasteiger partial charge in [0.1, 0.15) is 0 Å². The number of hydrazone groups is 1. The fraction of sp³-hybridized carbons (Fsp3) is 0.263. The van der Waals surface area contributed by atoms with Crippen molar-refractivity contribution >= 4 is 28.9 Å². The summed E-state index contributed by atoms with van der Waals surface area (Å²) < 4.78 is 4.16. The van der Waals surface area contributed by atoms with Crippen molar-refractivity contribution in [2.45, 2.75) is 20.4 Å². The summed E-state index contributed by atoms with van der Waals surface area (Å²) in [7, 11) is 3.05. The third-order valence-electron chi connectivity index (χ3n) is 4.31. The van der Waals surface area contributed by atoms with E-state index in [0.717, 1.165) is 15.8 Å². The molecule has 8 nitrogen and oxygen atoms in total. The van der Waals surface area contributed by atoms with Gasteiger partial charge in [-0.15, -0.1) is 0 Å². The highest BCUT2D eigenvalue weighted by Crippen LogP contribution is 2.15. The molecule has 2 heterocycles. The van der Waals surface area contributed by atoms with E-state index in [4.69, 9.17) is 0 Å². The van der Waals surface area contributed by atoms with E-state index in [1.807, 2.05) is 56.3 Å². The fourth-order valence-electron chi connectivity index (χ4n) is 2.80. The molecule has 1 aromatic carbocycles. The molecule has 2 aromatic heterocycles. The molecule has 0 spiro atoms. The van der Waals surface area contributed by atoms with Crippen LogP contribution in [0.2, 0.25) is 0 Å². The van der Waals surface area contributed by atoms with Crippen LogP contribution in [0.4, 0.5) is 5.95 Å². The van der Waals surface area contributed by atoms with Gasteiger partial charge in [-0.1, -0.05) is 36.4 Å². The Hall–Kier alpha value is -3.42. The van der Waals surface area contributed by atoms with Crippen molar-refractivity contribution in [3.8, 4) is 0 Å². The maximum Gasteiger partial charge on any atom is 0.332 e. The lowest BCUT2D eigenvalue weighted by Crippen LogP contribution is -2.37. The minimum atomic E-state index is -0.412. The minimum Gasteiger partial charge on any atom is -0.303 e. The number of benzene rings is 1. The van der Waals surface area contributed by atoms with E-state index >= 15 is 0 Å². The average molecular weight is 366 g/mol. The highest BCUT2D eigenvalue weighted by atomic mass is 16.2. The number of aromatic nitrogens is 4. The number of rotatable bonds is 5. The van der Waals surface area contributed by atoms with Crippen molar-refractivity contribution in [2.75, 3.05) is 5.43 Å². The Morgan fingerprint density at radius 1 is 1.19 bits per heavy atom. The monoisotopic (exact) mass is 366 g/mol. The van der Waals surface area contributed by atoms with Crippen LogP contribution in [-0.4, -0.2) is 24.4 Å². The van der Waals surface area contributed by atoms with Crippen molar-refractivity contribution in [2.24, 2.45) is 19.2 Å². The summed E-state index contributed by atoms with van der Waals surface area (Å²) in [5.41, 5.74) is 4.65. The van der Waals surface area contributed by atoms with Crippen LogP contribution in [0.3, 0.4) is 0 Å². The Bertz CT molecular complexity index is 1150. The Kier molecular flexibility index (Phi) is 5.07. The molecule has 0 unspecified atom stereocenters. The van der Waals surface area contributed by atoms with Crippen LogP contribution in [0.5, 0.6) is 0 Å². The highest BCUT2D eigenvalue weighted by molar-refractivity contribution is 5.96. The van der Waals surface area contributed by atoms with Crippen LogP contribution >= 0.6 is 0 Å². The average Bonchev–Trinajstić information content (AvgIpc) is 3.07. The molecule has 0 amide bonds. The molecule has 0 aliphatic heterocycles. The first-order valence-electron chi connectivity index (χ1n) is 8.63. The van der Waals surface area contributed by atoms with Crippen LogP contribution in [0.1, 0.15) is 19.4 Å². The van der Waals surface area contributed by atoms with Crippen LogP contribution in [0.25, 0.3) is 17.2 Å². The van der Waals surface area contributed by atoms with Gasteiger partial charge in [0.05, 0.1) is 5.71 Å². The maximum absolute atomic E-state index is 12.5. The molecule has 3 aromatic rings. The first-order valence-corrected chi connectivity index (χ1v) is 8.63. The van der Waals surface area contributed by atoms with E-state index in [2.05, 4.69) is 15.5 Å². The Labute approximate surface area is 156 Å². The smallest absolute Gasteiger partial charge is 0.303 e. The number of fused-ring (bicyclic) bond motifs is 1. The van der Waals surface area contributed by atoms with Crippen LogP contribution in [0.15, 0.2) is 51.1 Å². The van der Waals surface area contributed by atoms with E-state index < -0.39 is 5.69 Å².